The number of carbonyl (C=O) groups excluding carboxylic acids is 2. The fourth-order valence-electron chi connectivity index (χ4n) is 1.99. The molecule has 98 valence electrons. The Kier molecular flexibility index (Phi) is 4.51. The highest BCUT2D eigenvalue weighted by molar-refractivity contribution is 5.78. The van der Waals surface area contributed by atoms with Crippen LogP contribution in [-0.2, 0) is 14.3 Å². The van der Waals surface area contributed by atoms with Gasteiger partial charge in [0, 0.05) is 12.8 Å². The van der Waals surface area contributed by atoms with E-state index in [1.165, 1.54) is 0 Å². The summed E-state index contributed by atoms with van der Waals surface area (Å²) in [5.41, 5.74) is -0.496. The second kappa shape index (κ2) is 5.49. The van der Waals surface area contributed by atoms with Crippen LogP contribution in [-0.4, -0.2) is 35.2 Å². The molecule has 0 aromatic heterocycles. The van der Waals surface area contributed by atoms with Crippen LogP contribution in [0.2, 0.25) is 0 Å². The molecule has 5 heteroatoms. The molecule has 1 aliphatic rings. The van der Waals surface area contributed by atoms with Gasteiger partial charge in [-0.25, -0.2) is 0 Å². The summed E-state index contributed by atoms with van der Waals surface area (Å²) < 4.78 is 5.21. The number of amides is 1. The van der Waals surface area contributed by atoms with Crippen molar-refractivity contribution in [2.24, 2.45) is 5.92 Å². The van der Waals surface area contributed by atoms with Crippen LogP contribution in [0.15, 0.2) is 0 Å². The third kappa shape index (κ3) is 5.17. The molecule has 1 aliphatic heterocycles. The van der Waals surface area contributed by atoms with Gasteiger partial charge in [-0.1, -0.05) is 0 Å². The zero-order valence-corrected chi connectivity index (χ0v) is 10.7. The third-order valence-electron chi connectivity index (χ3n) is 2.55. The Labute approximate surface area is 102 Å². The number of carbonyl (C=O) groups is 2. The van der Waals surface area contributed by atoms with Gasteiger partial charge in [0.2, 0.25) is 5.91 Å². The summed E-state index contributed by atoms with van der Waals surface area (Å²) in [5, 5.41) is 11.7. The molecule has 0 aromatic carbocycles. The van der Waals surface area contributed by atoms with Gasteiger partial charge in [0.05, 0.1) is 12.6 Å². The van der Waals surface area contributed by atoms with Gasteiger partial charge in [-0.3, -0.25) is 9.59 Å². The van der Waals surface area contributed by atoms with Crippen molar-refractivity contribution < 1.29 is 19.4 Å². The van der Waals surface area contributed by atoms with E-state index in [-0.39, 0.29) is 36.9 Å². The number of nitrogens with one attached hydrogen (secondary N) is 1. The molecule has 2 atom stereocenters. The first-order valence-electron chi connectivity index (χ1n) is 5.92. The average Bonchev–Trinajstić information content (AvgIpc) is 2.13. The zero-order valence-electron chi connectivity index (χ0n) is 10.7. The molecule has 5 nitrogen and oxygen atoms in total. The predicted octanol–water partition coefficient (Wildman–Crippen LogP) is 0.605. The molecule has 0 spiro atoms. The number of aliphatic hydroxyl groups excluding tert-OH is 1. The van der Waals surface area contributed by atoms with Gasteiger partial charge in [-0.05, 0) is 33.1 Å². The van der Waals surface area contributed by atoms with E-state index in [0.717, 1.165) is 0 Å². The lowest BCUT2D eigenvalue weighted by Gasteiger charge is -2.29. The average molecular weight is 243 g/mol. The monoisotopic (exact) mass is 243 g/mol. The fourth-order valence-corrected chi connectivity index (χ4v) is 1.99. The van der Waals surface area contributed by atoms with Gasteiger partial charge in [0.15, 0.2) is 0 Å². The molecular formula is C12H21NO4. The number of hydrogen-bond acceptors (Lipinski definition) is 4. The van der Waals surface area contributed by atoms with Crippen molar-refractivity contribution in [3.05, 3.63) is 0 Å². The topological polar surface area (TPSA) is 75.6 Å². The third-order valence-corrected chi connectivity index (χ3v) is 2.55. The minimum atomic E-state index is -0.496. The Morgan fingerprint density at radius 1 is 1.53 bits per heavy atom. The maximum atomic E-state index is 11.6. The Morgan fingerprint density at radius 2 is 2.18 bits per heavy atom. The van der Waals surface area contributed by atoms with Gasteiger partial charge in [0.1, 0.15) is 5.60 Å². The molecule has 1 fully saturated rings. The maximum absolute atomic E-state index is 11.6. The molecule has 1 heterocycles. The first kappa shape index (κ1) is 14.0. The highest BCUT2D eigenvalue weighted by Crippen LogP contribution is 2.22. The standard InChI is InChI=1S/C12H21NO4/c1-12(2,3)17-11(16)6-8-4-9(7-14)13-10(15)5-8/h8-9,14H,4-7H2,1-3H3,(H,13,15)/t8-,9+/m1/s1. The smallest absolute Gasteiger partial charge is 0.306 e. The summed E-state index contributed by atoms with van der Waals surface area (Å²) in [6.45, 7) is 5.36. The second-order valence-corrected chi connectivity index (χ2v) is 5.54. The molecule has 0 aliphatic carbocycles. The number of aliphatic hydroxyl groups is 1. The minimum Gasteiger partial charge on any atom is -0.460 e. The molecule has 0 saturated carbocycles. The SMILES string of the molecule is CC(C)(C)OC(=O)C[C@H]1CC(=O)N[C@H](CO)C1. The number of rotatable bonds is 3. The van der Waals surface area contributed by atoms with E-state index in [1.807, 2.05) is 20.8 Å². The Balaban J connectivity index is 2.45. The van der Waals surface area contributed by atoms with Crippen molar-refractivity contribution >= 4 is 11.9 Å². The maximum Gasteiger partial charge on any atom is 0.306 e. The van der Waals surface area contributed by atoms with E-state index in [9.17, 15) is 9.59 Å². The molecule has 1 amide bonds. The lowest BCUT2D eigenvalue weighted by molar-refractivity contribution is -0.156. The van der Waals surface area contributed by atoms with Gasteiger partial charge < -0.3 is 15.2 Å². The highest BCUT2D eigenvalue weighted by atomic mass is 16.6. The number of esters is 1. The highest BCUT2D eigenvalue weighted by Gasteiger charge is 2.29. The first-order chi connectivity index (χ1) is 7.80. The molecular weight excluding hydrogens is 222 g/mol. The molecule has 0 unspecified atom stereocenters. The first-order valence-corrected chi connectivity index (χ1v) is 5.92. The molecule has 2 N–H and O–H groups in total. The Morgan fingerprint density at radius 3 is 2.71 bits per heavy atom. The molecule has 0 bridgehead atoms. The number of piperidine rings is 1. The van der Waals surface area contributed by atoms with Crippen LogP contribution in [0.3, 0.4) is 0 Å². The van der Waals surface area contributed by atoms with Crippen LogP contribution < -0.4 is 5.32 Å². The van der Waals surface area contributed by atoms with E-state index < -0.39 is 5.60 Å². The molecule has 0 radical (unpaired) electrons. The second-order valence-electron chi connectivity index (χ2n) is 5.54. The largest absolute Gasteiger partial charge is 0.460 e. The van der Waals surface area contributed by atoms with E-state index in [0.29, 0.717) is 12.8 Å². The van der Waals surface area contributed by atoms with Gasteiger partial charge >= 0.3 is 5.97 Å². The van der Waals surface area contributed by atoms with E-state index >= 15 is 0 Å². The van der Waals surface area contributed by atoms with Crippen molar-refractivity contribution in [1.82, 2.24) is 5.32 Å². The Bertz CT molecular complexity index is 295. The lowest BCUT2D eigenvalue weighted by Crippen LogP contribution is -2.45. The summed E-state index contributed by atoms with van der Waals surface area (Å²) in [5.74, 6) is -0.423. The Hall–Kier alpha value is -1.10. The van der Waals surface area contributed by atoms with Crippen molar-refractivity contribution in [1.29, 1.82) is 0 Å². The summed E-state index contributed by atoms with van der Waals surface area (Å²) in [6, 6.07) is -0.233. The summed E-state index contributed by atoms with van der Waals surface area (Å²) >= 11 is 0. The molecule has 1 saturated heterocycles. The number of ether oxygens (including phenoxy) is 1. The lowest BCUT2D eigenvalue weighted by atomic mass is 9.89. The molecule has 0 aromatic rings. The van der Waals surface area contributed by atoms with Gasteiger partial charge in [0.25, 0.3) is 0 Å². The van der Waals surface area contributed by atoms with Gasteiger partial charge in [-0.15, -0.1) is 0 Å². The predicted molar refractivity (Wildman–Crippen MR) is 62.2 cm³/mol. The van der Waals surface area contributed by atoms with Crippen LogP contribution in [0.5, 0.6) is 0 Å². The zero-order chi connectivity index (χ0) is 13.1. The van der Waals surface area contributed by atoms with Crippen molar-refractivity contribution in [2.45, 2.75) is 51.7 Å². The van der Waals surface area contributed by atoms with Crippen molar-refractivity contribution in [3.8, 4) is 0 Å². The van der Waals surface area contributed by atoms with Gasteiger partial charge in [-0.2, -0.15) is 0 Å². The van der Waals surface area contributed by atoms with Crippen LogP contribution in [0, 0.1) is 5.92 Å². The molecule has 17 heavy (non-hydrogen) atoms. The molecule has 1 rings (SSSR count). The summed E-state index contributed by atoms with van der Waals surface area (Å²) in [4.78, 5) is 22.9. The van der Waals surface area contributed by atoms with Crippen LogP contribution in [0.1, 0.15) is 40.0 Å². The van der Waals surface area contributed by atoms with Crippen molar-refractivity contribution in [3.63, 3.8) is 0 Å². The van der Waals surface area contributed by atoms with Crippen LogP contribution in [0.25, 0.3) is 0 Å². The van der Waals surface area contributed by atoms with E-state index in [2.05, 4.69) is 5.32 Å². The van der Waals surface area contributed by atoms with Crippen molar-refractivity contribution in [2.75, 3.05) is 6.61 Å². The van der Waals surface area contributed by atoms with Crippen LogP contribution >= 0.6 is 0 Å². The normalized spacial score (nSPS) is 25.3. The van der Waals surface area contributed by atoms with Crippen LogP contribution in [0.4, 0.5) is 0 Å². The fraction of sp³-hybridized carbons (Fsp3) is 0.833. The minimum absolute atomic E-state index is 0.0317. The van der Waals surface area contributed by atoms with E-state index in [1.54, 1.807) is 0 Å². The van der Waals surface area contributed by atoms with E-state index in [4.69, 9.17) is 9.84 Å². The summed E-state index contributed by atoms with van der Waals surface area (Å²) in [6.07, 6.45) is 1.19. The quantitative estimate of drug-likeness (QED) is 0.712. The summed E-state index contributed by atoms with van der Waals surface area (Å²) in [7, 11) is 0. The number of hydrogen-bond donors (Lipinski definition) is 2.